The summed E-state index contributed by atoms with van der Waals surface area (Å²) in [4.78, 5) is 21.1. The van der Waals surface area contributed by atoms with Gasteiger partial charge in [-0.05, 0) is 80.5 Å². The average Bonchev–Trinajstić information content (AvgIpc) is 2.79. The second-order valence-corrected chi connectivity index (χ2v) is 9.31. The van der Waals surface area contributed by atoms with E-state index in [1.54, 1.807) is 12.1 Å². The fraction of sp³-hybridized carbons (Fsp3) is 0.435. The molecule has 1 heterocycles. The van der Waals surface area contributed by atoms with Crippen LogP contribution in [0.1, 0.15) is 42.1 Å². The molecule has 31 heavy (non-hydrogen) atoms. The first kappa shape index (κ1) is 23.2. The predicted octanol–water partition coefficient (Wildman–Crippen LogP) is 3.41. The lowest BCUT2D eigenvalue weighted by molar-refractivity contribution is 0.0687. The number of amides is 1. The maximum atomic E-state index is 12.8. The van der Waals surface area contributed by atoms with Gasteiger partial charge in [-0.1, -0.05) is 17.0 Å². The Balaban J connectivity index is 1.48. The highest BCUT2D eigenvalue weighted by Crippen LogP contribution is 2.24. The van der Waals surface area contributed by atoms with Gasteiger partial charge in [0, 0.05) is 18.7 Å². The zero-order valence-corrected chi connectivity index (χ0v) is 18.9. The number of benzene rings is 2. The molecule has 1 saturated heterocycles. The Hall–Kier alpha value is -2.42. The molecule has 1 amide bonds. The second kappa shape index (κ2) is 10.7. The topological polar surface area (TPSA) is 84.9 Å². The molecule has 0 aliphatic carbocycles. The van der Waals surface area contributed by atoms with Gasteiger partial charge in [0.1, 0.15) is 5.75 Å². The van der Waals surface area contributed by atoms with Crippen molar-refractivity contribution in [3.05, 3.63) is 59.7 Å². The van der Waals surface area contributed by atoms with Crippen LogP contribution in [-0.4, -0.2) is 46.0 Å². The zero-order chi connectivity index (χ0) is 22.3. The number of nitrogens with zero attached hydrogens (tertiary/aromatic N) is 1. The number of likely N-dealkylation sites (tertiary alicyclic amines) is 1. The van der Waals surface area contributed by atoms with Gasteiger partial charge in [-0.25, -0.2) is 8.42 Å². The third-order valence-electron chi connectivity index (χ3n) is 5.58. The van der Waals surface area contributed by atoms with Gasteiger partial charge in [0.2, 0.25) is 0 Å². The molecule has 7 nitrogen and oxygen atoms in total. The summed E-state index contributed by atoms with van der Waals surface area (Å²) in [5, 5.41) is 0. The molecule has 1 N–H and O–H groups in total. The smallest absolute Gasteiger partial charge is 0.262 e. The highest BCUT2D eigenvalue weighted by molar-refractivity contribution is 7.89. The molecule has 2 aromatic carbocycles. The Morgan fingerprint density at radius 3 is 2.29 bits per heavy atom. The molecule has 2 aromatic rings. The minimum absolute atomic E-state index is 0.0545. The summed E-state index contributed by atoms with van der Waals surface area (Å²) in [6, 6.07) is 14.2. The van der Waals surface area contributed by atoms with Crippen molar-refractivity contribution in [3.8, 4) is 5.75 Å². The minimum Gasteiger partial charge on any atom is -0.494 e. The van der Waals surface area contributed by atoms with Gasteiger partial charge in [-0.15, -0.1) is 0 Å². The van der Waals surface area contributed by atoms with Crippen LogP contribution < -0.4 is 9.62 Å². The molecule has 0 aromatic heterocycles. The zero-order valence-electron chi connectivity index (χ0n) is 18.0. The van der Waals surface area contributed by atoms with E-state index in [0.29, 0.717) is 18.1 Å². The number of aryl methyl sites for hydroxylation is 1. The van der Waals surface area contributed by atoms with Crippen LogP contribution in [0.25, 0.3) is 0 Å². The van der Waals surface area contributed by atoms with Gasteiger partial charge in [-0.3, -0.25) is 9.63 Å². The van der Waals surface area contributed by atoms with E-state index in [9.17, 15) is 13.2 Å². The molecular weight excluding hydrogens is 416 g/mol. The van der Waals surface area contributed by atoms with Crippen molar-refractivity contribution in [2.75, 3.05) is 26.8 Å². The Kier molecular flexibility index (Phi) is 8.06. The van der Waals surface area contributed by atoms with Crippen LogP contribution in [0.3, 0.4) is 0 Å². The van der Waals surface area contributed by atoms with Crippen LogP contribution in [0.5, 0.6) is 5.75 Å². The van der Waals surface area contributed by atoms with Gasteiger partial charge in [0.05, 0.1) is 18.6 Å². The van der Waals surface area contributed by atoms with Crippen molar-refractivity contribution in [1.29, 1.82) is 0 Å². The normalized spacial score (nSPS) is 15.1. The summed E-state index contributed by atoms with van der Waals surface area (Å²) in [5.74, 6) is 1.44. The van der Waals surface area contributed by atoms with Crippen LogP contribution in [-0.2, 0) is 21.3 Å². The van der Waals surface area contributed by atoms with E-state index in [4.69, 9.17) is 4.74 Å². The molecule has 0 spiro atoms. The average molecular weight is 447 g/mol. The maximum absolute atomic E-state index is 12.8. The minimum atomic E-state index is -3.72. The summed E-state index contributed by atoms with van der Waals surface area (Å²) in [6.07, 6.45) is 4.09. The highest BCUT2D eigenvalue weighted by atomic mass is 32.2. The number of rotatable bonds is 9. The Morgan fingerprint density at radius 2 is 1.71 bits per heavy atom. The summed E-state index contributed by atoms with van der Waals surface area (Å²) in [7, 11) is -2.49. The van der Waals surface area contributed by atoms with Crippen molar-refractivity contribution >= 4 is 15.9 Å². The lowest BCUT2D eigenvalue weighted by atomic mass is 9.90. The molecule has 3 rings (SSSR count). The van der Waals surface area contributed by atoms with Crippen molar-refractivity contribution in [3.63, 3.8) is 0 Å². The third kappa shape index (κ3) is 6.29. The van der Waals surface area contributed by atoms with Gasteiger partial charge in [0.15, 0.2) is 0 Å². The lowest BCUT2D eigenvalue weighted by Gasteiger charge is -2.32. The summed E-state index contributed by atoms with van der Waals surface area (Å²) >= 11 is 0. The second-order valence-electron chi connectivity index (χ2n) is 7.67. The molecule has 0 atom stereocenters. The number of piperidine rings is 1. The maximum Gasteiger partial charge on any atom is 0.262 e. The molecule has 1 aliphatic heterocycles. The van der Waals surface area contributed by atoms with E-state index in [2.05, 4.69) is 17.0 Å². The molecule has 1 fully saturated rings. The van der Waals surface area contributed by atoms with Crippen LogP contribution in [0.15, 0.2) is 53.4 Å². The van der Waals surface area contributed by atoms with E-state index in [0.717, 1.165) is 44.5 Å². The molecule has 0 bridgehead atoms. The largest absolute Gasteiger partial charge is 0.494 e. The molecule has 1 aliphatic rings. The first-order valence-electron chi connectivity index (χ1n) is 10.6. The number of carbonyl (C=O) groups excluding carboxylic acids is 1. The number of carbonyl (C=O) groups is 1. The SMILES string of the molecule is CCOc1ccc(CCC2CCN(C(=O)c3ccc(S(=O)(=O)NOC)cc3)CC2)cc1. The Labute approximate surface area is 184 Å². The number of hydrogen-bond acceptors (Lipinski definition) is 5. The summed E-state index contributed by atoms with van der Waals surface area (Å²) in [5.41, 5.74) is 1.80. The van der Waals surface area contributed by atoms with Gasteiger partial charge < -0.3 is 9.64 Å². The number of nitrogens with one attached hydrogen (secondary N) is 1. The van der Waals surface area contributed by atoms with Gasteiger partial charge in [-0.2, -0.15) is 0 Å². The first-order chi connectivity index (χ1) is 14.9. The molecule has 0 radical (unpaired) electrons. The molecule has 168 valence electrons. The summed E-state index contributed by atoms with van der Waals surface area (Å²) in [6.45, 7) is 4.09. The van der Waals surface area contributed by atoms with Crippen molar-refractivity contribution in [2.24, 2.45) is 5.92 Å². The number of hydrogen-bond donors (Lipinski definition) is 1. The first-order valence-corrected chi connectivity index (χ1v) is 12.1. The van der Waals surface area contributed by atoms with Crippen molar-refractivity contribution in [2.45, 2.75) is 37.5 Å². The Bertz CT molecular complexity index is 950. The standard InChI is InChI=1S/C23H30N2O5S/c1-3-30-21-10-6-18(7-11-21)4-5-19-14-16-25(17-15-19)23(26)20-8-12-22(13-9-20)31(27,28)24-29-2/h6-13,19,24H,3-5,14-17H2,1-2H3. The fourth-order valence-corrected chi connectivity index (χ4v) is 4.64. The molecule has 0 saturated carbocycles. The Morgan fingerprint density at radius 1 is 1.06 bits per heavy atom. The van der Waals surface area contributed by atoms with E-state index in [1.807, 2.05) is 28.8 Å². The lowest BCUT2D eigenvalue weighted by Crippen LogP contribution is -2.38. The van der Waals surface area contributed by atoms with E-state index >= 15 is 0 Å². The molecule has 0 unspecified atom stereocenters. The van der Waals surface area contributed by atoms with Gasteiger partial charge >= 0.3 is 0 Å². The quantitative estimate of drug-likeness (QED) is 0.597. The van der Waals surface area contributed by atoms with E-state index in [1.165, 1.54) is 24.8 Å². The van der Waals surface area contributed by atoms with Crippen LogP contribution >= 0.6 is 0 Å². The fourth-order valence-electron chi connectivity index (χ4n) is 3.83. The van der Waals surface area contributed by atoms with Gasteiger partial charge in [0.25, 0.3) is 15.9 Å². The van der Waals surface area contributed by atoms with Crippen molar-refractivity contribution < 1.29 is 22.8 Å². The number of sulfonamides is 1. The van der Waals surface area contributed by atoms with Crippen LogP contribution in [0.4, 0.5) is 0 Å². The van der Waals surface area contributed by atoms with E-state index in [-0.39, 0.29) is 10.8 Å². The van der Waals surface area contributed by atoms with Crippen LogP contribution in [0, 0.1) is 5.92 Å². The van der Waals surface area contributed by atoms with Crippen LogP contribution in [0.2, 0.25) is 0 Å². The third-order valence-corrected chi connectivity index (χ3v) is 6.86. The monoisotopic (exact) mass is 446 g/mol. The number of ether oxygens (including phenoxy) is 1. The van der Waals surface area contributed by atoms with Crippen molar-refractivity contribution in [1.82, 2.24) is 9.79 Å². The van der Waals surface area contributed by atoms with E-state index < -0.39 is 10.0 Å². The molecule has 8 heteroatoms. The predicted molar refractivity (Wildman–Crippen MR) is 118 cm³/mol. The molecular formula is C23H30N2O5S. The highest BCUT2D eigenvalue weighted by Gasteiger charge is 2.24. The summed E-state index contributed by atoms with van der Waals surface area (Å²) < 4.78 is 29.3.